The number of ether oxygens (including phenoxy) is 1. The molecule has 0 fully saturated rings. The van der Waals surface area contributed by atoms with Crippen LogP contribution in [0.2, 0.25) is 0 Å². The molecule has 0 aliphatic rings. The lowest BCUT2D eigenvalue weighted by atomic mass is 10.0. The van der Waals surface area contributed by atoms with Crippen molar-refractivity contribution in [3.8, 4) is 0 Å². The zero-order valence-corrected chi connectivity index (χ0v) is 13.4. The first-order valence-corrected chi connectivity index (χ1v) is 7.78. The molecule has 118 valence electrons. The second-order valence-electron chi connectivity index (χ2n) is 5.92. The van der Waals surface area contributed by atoms with E-state index in [0.29, 0.717) is 29.3 Å². The van der Waals surface area contributed by atoms with Gasteiger partial charge in [-0.1, -0.05) is 50.2 Å². The van der Waals surface area contributed by atoms with E-state index in [9.17, 15) is 4.79 Å². The van der Waals surface area contributed by atoms with E-state index in [2.05, 4.69) is 23.8 Å². The topological polar surface area (TPSA) is 55.0 Å². The van der Waals surface area contributed by atoms with Gasteiger partial charge in [-0.15, -0.1) is 0 Å². The van der Waals surface area contributed by atoms with Gasteiger partial charge in [0.2, 0.25) is 0 Å². The van der Waals surface area contributed by atoms with Gasteiger partial charge in [-0.2, -0.15) is 0 Å². The number of aromatic nitrogens is 2. The standard InChI is InChI=1S/C19H20N2O2/c1-13(2)15-8-9-17-16(10-15)19(22)21-18(20-17)12-23-11-14-6-4-3-5-7-14/h3-10,13H,11-12H2,1-2H3,(H,20,21,22). The SMILES string of the molecule is CC(C)c1ccc2nc(COCc3ccccc3)[nH]c(=O)c2c1. The molecule has 0 radical (unpaired) electrons. The summed E-state index contributed by atoms with van der Waals surface area (Å²) in [6, 6.07) is 15.8. The summed E-state index contributed by atoms with van der Waals surface area (Å²) in [7, 11) is 0. The summed E-state index contributed by atoms with van der Waals surface area (Å²) in [6.07, 6.45) is 0. The fourth-order valence-electron chi connectivity index (χ4n) is 2.47. The lowest BCUT2D eigenvalue weighted by Gasteiger charge is -2.08. The summed E-state index contributed by atoms with van der Waals surface area (Å²) in [4.78, 5) is 19.6. The number of hydrogen-bond acceptors (Lipinski definition) is 3. The molecule has 4 heteroatoms. The van der Waals surface area contributed by atoms with Crippen LogP contribution in [0.15, 0.2) is 53.3 Å². The van der Waals surface area contributed by atoms with E-state index in [1.165, 1.54) is 0 Å². The molecule has 0 unspecified atom stereocenters. The van der Waals surface area contributed by atoms with Gasteiger partial charge in [0, 0.05) is 0 Å². The first-order valence-electron chi connectivity index (χ1n) is 7.78. The highest BCUT2D eigenvalue weighted by atomic mass is 16.5. The molecule has 0 bridgehead atoms. The molecule has 4 nitrogen and oxygen atoms in total. The number of rotatable bonds is 5. The summed E-state index contributed by atoms with van der Waals surface area (Å²) >= 11 is 0. The van der Waals surface area contributed by atoms with Crippen molar-refractivity contribution in [2.24, 2.45) is 0 Å². The van der Waals surface area contributed by atoms with Gasteiger partial charge in [-0.3, -0.25) is 4.79 Å². The van der Waals surface area contributed by atoms with E-state index in [4.69, 9.17) is 4.74 Å². The fraction of sp³-hybridized carbons (Fsp3) is 0.263. The number of benzene rings is 2. The second-order valence-corrected chi connectivity index (χ2v) is 5.92. The van der Waals surface area contributed by atoms with Crippen LogP contribution in [0.25, 0.3) is 10.9 Å². The van der Waals surface area contributed by atoms with Crippen LogP contribution in [-0.4, -0.2) is 9.97 Å². The van der Waals surface area contributed by atoms with Crippen LogP contribution in [0.4, 0.5) is 0 Å². The predicted octanol–water partition coefficient (Wildman–Crippen LogP) is 3.76. The molecule has 1 heterocycles. The van der Waals surface area contributed by atoms with E-state index in [1.54, 1.807) is 0 Å². The lowest BCUT2D eigenvalue weighted by Crippen LogP contribution is -2.13. The minimum Gasteiger partial charge on any atom is -0.369 e. The Morgan fingerprint density at radius 3 is 2.61 bits per heavy atom. The highest BCUT2D eigenvalue weighted by Crippen LogP contribution is 2.18. The number of nitrogens with zero attached hydrogens (tertiary/aromatic N) is 1. The average molecular weight is 308 g/mol. The molecule has 0 amide bonds. The number of nitrogens with one attached hydrogen (secondary N) is 1. The summed E-state index contributed by atoms with van der Waals surface area (Å²) < 4.78 is 5.64. The molecule has 1 aromatic heterocycles. The number of fused-ring (bicyclic) bond motifs is 1. The molecule has 1 N–H and O–H groups in total. The Balaban J connectivity index is 1.77. The van der Waals surface area contributed by atoms with Crippen molar-refractivity contribution in [3.05, 3.63) is 75.8 Å². The van der Waals surface area contributed by atoms with Crippen LogP contribution in [0, 0.1) is 0 Å². The quantitative estimate of drug-likeness (QED) is 0.780. The molecule has 23 heavy (non-hydrogen) atoms. The van der Waals surface area contributed by atoms with Crippen molar-refractivity contribution in [3.63, 3.8) is 0 Å². The Bertz CT molecular complexity index is 854. The van der Waals surface area contributed by atoms with Gasteiger partial charge in [0.1, 0.15) is 12.4 Å². The third-order valence-corrected chi connectivity index (χ3v) is 3.80. The van der Waals surface area contributed by atoms with Crippen molar-refractivity contribution in [1.82, 2.24) is 9.97 Å². The third-order valence-electron chi connectivity index (χ3n) is 3.80. The highest BCUT2D eigenvalue weighted by Gasteiger charge is 2.07. The maximum atomic E-state index is 12.3. The fourth-order valence-corrected chi connectivity index (χ4v) is 2.47. The van der Waals surface area contributed by atoms with Crippen molar-refractivity contribution in [2.75, 3.05) is 0 Å². The van der Waals surface area contributed by atoms with E-state index in [1.807, 2.05) is 48.5 Å². The third kappa shape index (κ3) is 3.66. The van der Waals surface area contributed by atoms with Gasteiger partial charge in [0.25, 0.3) is 5.56 Å². The molecule has 3 rings (SSSR count). The molecule has 0 saturated carbocycles. The van der Waals surface area contributed by atoms with E-state index in [-0.39, 0.29) is 12.2 Å². The first-order chi connectivity index (χ1) is 11.1. The minimum atomic E-state index is -0.115. The lowest BCUT2D eigenvalue weighted by molar-refractivity contribution is 0.102. The summed E-state index contributed by atoms with van der Waals surface area (Å²) in [5.41, 5.74) is 2.82. The molecule has 3 aromatic rings. The molecule has 0 saturated heterocycles. The monoisotopic (exact) mass is 308 g/mol. The van der Waals surface area contributed by atoms with Gasteiger partial charge in [-0.05, 0) is 29.2 Å². The van der Waals surface area contributed by atoms with Gasteiger partial charge in [-0.25, -0.2) is 4.98 Å². The second kappa shape index (κ2) is 6.75. The molecular weight excluding hydrogens is 288 g/mol. The van der Waals surface area contributed by atoms with Gasteiger partial charge in [0.05, 0.1) is 17.5 Å². The van der Waals surface area contributed by atoms with Crippen molar-refractivity contribution < 1.29 is 4.74 Å². The number of aromatic amines is 1. The van der Waals surface area contributed by atoms with Crippen molar-refractivity contribution in [1.29, 1.82) is 0 Å². The smallest absolute Gasteiger partial charge is 0.258 e. The molecule has 0 aliphatic heterocycles. The summed E-state index contributed by atoms with van der Waals surface area (Å²) in [6.45, 7) is 4.99. The summed E-state index contributed by atoms with van der Waals surface area (Å²) in [5, 5.41) is 0.628. The first kappa shape index (κ1) is 15.4. The average Bonchev–Trinajstić information content (AvgIpc) is 2.55. The van der Waals surface area contributed by atoms with Crippen LogP contribution in [0.3, 0.4) is 0 Å². The minimum absolute atomic E-state index is 0.115. The van der Waals surface area contributed by atoms with Crippen LogP contribution in [0.5, 0.6) is 0 Å². The van der Waals surface area contributed by atoms with Crippen LogP contribution in [0.1, 0.15) is 36.7 Å². The molecule has 2 aromatic carbocycles. The predicted molar refractivity (Wildman–Crippen MR) is 91.4 cm³/mol. The van der Waals surface area contributed by atoms with Gasteiger partial charge >= 0.3 is 0 Å². The molecule has 0 spiro atoms. The Morgan fingerprint density at radius 2 is 1.87 bits per heavy atom. The number of hydrogen-bond donors (Lipinski definition) is 1. The van der Waals surface area contributed by atoms with Crippen LogP contribution >= 0.6 is 0 Å². The largest absolute Gasteiger partial charge is 0.369 e. The van der Waals surface area contributed by atoms with E-state index in [0.717, 1.165) is 11.1 Å². The molecule has 0 aliphatic carbocycles. The molecular formula is C19H20N2O2. The molecule has 0 atom stereocenters. The number of H-pyrrole nitrogens is 1. The van der Waals surface area contributed by atoms with Gasteiger partial charge in [0.15, 0.2) is 0 Å². The Kier molecular flexibility index (Phi) is 4.53. The Morgan fingerprint density at radius 1 is 1.09 bits per heavy atom. The zero-order chi connectivity index (χ0) is 16.2. The van der Waals surface area contributed by atoms with Gasteiger partial charge < -0.3 is 9.72 Å². The van der Waals surface area contributed by atoms with E-state index >= 15 is 0 Å². The van der Waals surface area contributed by atoms with Crippen molar-refractivity contribution >= 4 is 10.9 Å². The van der Waals surface area contributed by atoms with Crippen LogP contribution < -0.4 is 5.56 Å². The van der Waals surface area contributed by atoms with E-state index < -0.39 is 0 Å². The zero-order valence-electron chi connectivity index (χ0n) is 13.4. The van der Waals surface area contributed by atoms with Crippen molar-refractivity contribution in [2.45, 2.75) is 33.0 Å². The highest BCUT2D eigenvalue weighted by molar-refractivity contribution is 5.78. The normalized spacial score (nSPS) is 11.3. The Labute approximate surface area is 135 Å². The van der Waals surface area contributed by atoms with Crippen LogP contribution in [-0.2, 0) is 18.0 Å². The maximum Gasteiger partial charge on any atom is 0.258 e. The summed E-state index contributed by atoms with van der Waals surface area (Å²) in [5.74, 6) is 0.934. The maximum absolute atomic E-state index is 12.3. The Hall–Kier alpha value is -2.46.